The quantitative estimate of drug-likeness (QED) is 0.659. The number of Topliss-reactive ketones (excluding diaryl/α,β-unsaturated/α-hetero) is 1. The molecule has 0 atom stereocenters. The lowest BCUT2D eigenvalue weighted by Crippen LogP contribution is -2.10. The molecular weight excluding hydrogens is 244 g/mol. The molecule has 1 aromatic rings. The SMILES string of the molecule is CC(=O)c1ccc(OC(C)C)c(S(=O)(=O)O)c1. The van der Waals surface area contributed by atoms with E-state index in [0.717, 1.165) is 6.07 Å². The molecule has 0 aliphatic carbocycles. The summed E-state index contributed by atoms with van der Waals surface area (Å²) >= 11 is 0. The van der Waals surface area contributed by atoms with Crippen LogP contribution in [0.4, 0.5) is 0 Å². The number of rotatable bonds is 4. The first-order valence-electron chi connectivity index (χ1n) is 5.01. The minimum atomic E-state index is -4.41. The number of ketones is 1. The Bertz CT molecular complexity index is 531. The van der Waals surface area contributed by atoms with Gasteiger partial charge in [0.05, 0.1) is 6.10 Å². The van der Waals surface area contributed by atoms with E-state index in [-0.39, 0.29) is 28.1 Å². The van der Waals surface area contributed by atoms with Crippen molar-refractivity contribution in [2.75, 3.05) is 0 Å². The summed E-state index contributed by atoms with van der Waals surface area (Å²) in [5, 5.41) is 0. The van der Waals surface area contributed by atoms with Crippen LogP contribution >= 0.6 is 0 Å². The number of ether oxygens (including phenoxy) is 1. The van der Waals surface area contributed by atoms with Gasteiger partial charge in [0.2, 0.25) is 0 Å². The second-order valence-electron chi connectivity index (χ2n) is 3.86. The van der Waals surface area contributed by atoms with E-state index in [9.17, 15) is 13.2 Å². The first-order chi connectivity index (χ1) is 7.71. The molecule has 1 rings (SSSR count). The Morgan fingerprint density at radius 3 is 2.35 bits per heavy atom. The van der Waals surface area contributed by atoms with Crippen LogP contribution in [0.2, 0.25) is 0 Å². The maximum Gasteiger partial charge on any atom is 0.298 e. The Balaban J connectivity index is 3.37. The van der Waals surface area contributed by atoms with Crippen molar-refractivity contribution in [1.82, 2.24) is 0 Å². The first-order valence-corrected chi connectivity index (χ1v) is 6.45. The topological polar surface area (TPSA) is 80.7 Å². The van der Waals surface area contributed by atoms with E-state index in [4.69, 9.17) is 9.29 Å². The predicted molar refractivity (Wildman–Crippen MR) is 62.0 cm³/mol. The molecule has 5 nitrogen and oxygen atoms in total. The van der Waals surface area contributed by atoms with E-state index < -0.39 is 10.1 Å². The zero-order valence-corrected chi connectivity index (χ0v) is 10.6. The zero-order valence-electron chi connectivity index (χ0n) is 9.80. The molecule has 17 heavy (non-hydrogen) atoms. The van der Waals surface area contributed by atoms with Crippen molar-refractivity contribution < 1.29 is 22.5 Å². The van der Waals surface area contributed by atoms with Crippen molar-refractivity contribution in [1.29, 1.82) is 0 Å². The number of benzene rings is 1. The van der Waals surface area contributed by atoms with Crippen LogP contribution in [0.3, 0.4) is 0 Å². The highest BCUT2D eigenvalue weighted by atomic mass is 32.2. The average molecular weight is 258 g/mol. The summed E-state index contributed by atoms with van der Waals surface area (Å²) in [7, 11) is -4.41. The number of carbonyl (C=O) groups excluding carboxylic acids is 1. The molecule has 0 aliphatic rings. The molecule has 0 bridgehead atoms. The van der Waals surface area contributed by atoms with Crippen molar-refractivity contribution in [2.24, 2.45) is 0 Å². The zero-order chi connectivity index (χ0) is 13.2. The standard InChI is InChI=1S/C11H14O5S/c1-7(2)16-10-5-4-9(8(3)12)6-11(10)17(13,14)15/h4-7H,1-3H3,(H,13,14,15). The molecule has 0 fully saturated rings. The maximum atomic E-state index is 11.2. The van der Waals surface area contributed by atoms with Gasteiger partial charge in [-0.3, -0.25) is 9.35 Å². The summed E-state index contributed by atoms with van der Waals surface area (Å²) < 4.78 is 36.7. The lowest BCUT2D eigenvalue weighted by Gasteiger charge is -2.13. The van der Waals surface area contributed by atoms with Gasteiger partial charge in [-0.05, 0) is 39.0 Å². The van der Waals surface area contributed by atoms with Gasteiger partial charge < -0.3 is 4.74 Å². The molecule has 0 spiro atoms. The summed E-state index contributed by atoms with van der Waals surface area (Å²) in [6.07, 6.45) is -0.237. The van der Waals surface area contributed by atoms with E-state index in [1.54, 1.807) is 13.8 Å². The Morgan fingerprint density at radius 2 is 1.94 bits per heavy atom. The monoisotopic (exact) mass is 258 g/mol. The van der Waals surface area contributed by atoms with Gasteiger partial charge >= 0.3 is 0 Å². The third-order valence-electron chi connectivity index (χ3n) is 1.99. The van der Waals surface area contributed by atoms with E-state index in [1.165, 1.54) is 19.1 Å². The lowest BCUT2D eigenvalue weighted by atomic mass is 10.1. The molecule has 0 aliphatic heterocycles. The molecule has 1 aromatic carbocycles. The second kappa shape index (κ2) is 4.85. The maximum absolute atomic E-state index is 11.2. The van der Waals surface area contributed by atoms with Gasteiger partial charge in [0.1, 0.15) is 10.6 Å². The largest absolute Gasteiger partial charge is 0.490 e. The molecule has 0 saturated heterocycles. The molecule has 0 heterocycles. The molecule has 6 heteroatoms. The smallest absolute Gasteiger partial charge is 0.298 e. The van der Waals surface area contributed by atoms with Crippen molar-refractivity contribution in [2.45, 2.75) is 31.8 Å². The Kier molecular flexibility index (Phi) is 3.90. The Morgan fingerprint density at radius 1 is 1.35 bits per heavy atom. The van der Waals surface area contributed by atoms with E-state index in [0.29, 0.717) is 0 Å². The minimum absolute atomic E-state index is 0.0347. The lowest BCUT2D eigenvalue weighted by molar-refractivity contribution is 0.101. The summed E-state index contributed by atoms with van der Waals surface area (Å²) in [5.74, 6) is -0.251. The number of hydrogen-bond acceptors (Lipinski definition) is 4. The fourth-order valence-electron chi connectivity index (χ4n) is 1.28. The van der Waals surface area contributed by atoms with Crippen LogP contribution in [0.25, 0.3) is 0 Å². The van der Waals surface area contributed by atoms with E-state index in [2.05, 4.69) is 0 Å². The Labute approximate surface area is 100 Å². The van der Waals surface area contributed by atoms with E-state index >= 15 is 0 Å². The third kappa shape index (κ3) is 3.54. The number of carbonyl (C=O) groups is 1. The van der Waals surface area contributed by atoms with Gasteiger partial charge in [-0.25, -0.2) is 0 Å². The van der Waals surface area contributed by atoms with Crippen LogP contribution < -0.4 is 4.74 Å². The number of hydrogen-bond donors (Lipinski definition) is 1. The average Bonchev–Trinajstić information content (AvgIpc) is 2.15. The van der Waals surface area contributed by atoms with Crippen LogP contribution in [0.15, 0.2) is 23.1 Å². The van der Waals surface area contributed by atoms with Gasteiger partial charge in [0.25, 0.3) is 10.1 Å². The minimum Gasteiger partial charge on any atom is -0.490 e. The van der Waals surface area contributed by atoms with Gasteiger partial charge in [-0.2, -0.15) is 8.42 Å². The Hall–Kier alpha value is -1.40. The normalized spacial score (nSPS) is 11.6. The first kappa shape index (κ1) is 13.7. The molecule has 0 amide bonds. The molecular formula is C11H14O5S. The molecule has 0 saturated carbocycles. The van der Waals surface area contributed by atoms with Gasteiger partial charge in [-0.15, -0.1) is 0 Å². The summed E-state index contributed by atoms with van der Waals surface area (Å²) in [4.78, 5) is 10.8. The molecule has 0 aromatic heterocycles. The second-order valence-corrected chi connectivity index (χ2v) is 5.25. The molecule has 94 valence electrons. The van der Waals surface area contributed by atoms with Crippen LogP contribution in [-0.4, -0.2) is 24.9 Å². The van der Waals surface area contributed by atoms with Gasteiger partial charge in [-0.1, -0.05) is 0 Å². The van der Waals surface area contributed by atoms with Crippen LogP contribution in [0, 0.1) is 0 Å². The van der Waals surface area contributed by atoms with Crippen molar-refractivity contribution in [3.63, 3.8) is 0 Å². The molecule has 0 radical (unpaired) electrons. The fourth-order valence-corrected chi connectivity index (χ4v) is 1.93. The highest BCUT2D eigenvalue weighted by molar-refractivity contribution is 7.86. The summed E-state index contributed by atoms with van der Waals surface area (Å²) in [6.45, 7) is 4.77. The van der Waals surface area contributed by atoms with Crippen molar-refractivity contribution in [3.8, 4) is 5.75 Å². The van der Waals surface area contributed by atoms with E-state index in [1.807, 2.05) is 0 Å². The van der Waals surface area contributed by atoms with Crippen molar-refractivity contribution >= 4 is 15.9 Å². The highest BCUT2D eigenvalue weighted by Crippen LogP contribution is 2.26. The fraction of sp³-hybridized carbons (Fsp3) is 0.364. The van der Waals surface area contributed by atoms with Gasteiger partial charge in [0.15, 0.2) is 5.78 Å². The van der Waals surface area contributed by atoms with Crippen LogP contribution in [-0.2, 0) is 10.1 Å². The highest BCUT2D eigenvalue weighted by Gasteiger charge is 2.19. The predicted octanol–water partition coefficient (Wildman–Crippen LogP) is 1.92. The van der Waals surface area contributed by atoms with Crippen molar-refractivity contribution in [3.05, 3.63) is 23.8 Å². The third-order valence-corrected chi connectivity index (χ3v) is 2.87. The summed E-state index contributed by atoms with van der Waals surface area (Å²) in [6, 6.07) is 3.92. The van der Waals surface area contributed by atoms with Crippen LogP contribution in [0.5, 0.6) is 5.75 Å². The van der Waals surface area contributed by atoms with Gasteiger partial charge in [0, 0.05) is 5.56 Å². The molecule has 1 N–H and O–H groups in total. The summed E-state index contributed by atoms with van der Waals surface area (Å²) in [5.41, 5.74) is 0.203. The van der Waals surface area contributed by atoms with Crippen LogP contribution in [0.1, 0.15) is 31.1 Å². The molecule has 0 unspecified atom stereocenters.